The van der Waals surface area contributed by atoms with E-state index in [-0.39, 0.29) is 0 Å². The maximum Gasteiger partial charge on any atom is 0.361 e. The molecule has 1 unspecified atom stereocenters. The Morgan fingerprint density at radius 3 is 2.20 bits per heavy atom. The molecule has 0 aliphatic rings. The maximum atomic E-state index is 10.3. The van der Waals surface area contributed by atoms with E-state index in [1.165, 1.54) is 0 Å². The number of hydrogen-bond donors (Lipinski definition) is 0. The minimum Gasteiger partial charge on any atom is -0.260 e. The van der Waals surface area contributed by atoms with Crippen molar-refractivity contribution in [2.24, 2.45) is 0 Å². The van der Waals surface area contributed by atoms with E-state index in [9.17, 15) is 13.0 Å². The molecule has 0 aliphatic heterocycles. The van der Waals surface area contributed by atoms with Gasteiger partial charge in [-0.15, -0.1) is 0 Å². The van der Waals surface area contributed by atoms with Crippen LogP contribution in [0.4, 0.5) is 0 Å². The smallest absolute Gasteiger partial charge is 0.260 e. The highest BCUT2D eigenvalue weighted by atomic mass is 32.2. The zero-order valence-corrected chi connectivity index (χ0v) is 7.17. The topological polar surface area (TPSA) is 78.9 Å². The third kappa shape index (κ3) is 6.18. The Morgan fingerprint density at radius 2 is 1.90 bits per heavy atom. The van der Waals surface area contributed by atoms with Gasteiger partial charge >= 0.3 is 8.25 Å². The van der Waals surface area contributed by atoms with E-state index in [2.05, 4.69) is 13.5 Å². The standard InChI is InChI=1S/C2H7O6PS/c1-6-7-9(3)8-10(2,4)5/h9H,1-2H3. The van der Waals surface area contributed by atoms with Crippen molar-refractivity contribution in [3.05, 3.63) is 0 Å². The Hall–Kier alpha value is 0.0600. The van der Waals surface area contributed by atoms with Gasteiger partial charge in [-0.25, -0.2) is 4.89 Å². The average molecular weight is 190 g/mol. The normalized spacial score (nSPS) is 15.0. The molecule has 8 heteroatoms. The predicted octanol–water partition coefficient (Wildman–Crippen LogP) is -0.0697. The zero-order valence-electron chi connectivity index (χ0n) is 5.36. The number of rotatable bonds is 4. The van der Waals surface area contributed by atoms with Gasteiger partial charge in [-0.1, -0.05) is 0 Å². The summed E-state index contributed by atoms with van der Waals surface area (Å²) in [6, 6.07) is 0. The van der Waals surface area contributed by atoms with Crippen LogP contribution in [0, 0.1) is 0 Å². The van der Waals surface area contributed by atoms with Gasteiger partial charge in [0, 0.05) is 0 Å². The Morgan fingerprint density at radius 1 is 1.40 bits per heavy atom. The van der Waals surface area contributed by atoms with Gasteiger partial charge in [0.15, 0.2) is 0 Å². The van der Waals surface area contributed by atoms with Gasteiger partial charge in [-0.2, -0.15) is 17.1 Å². The van der Waals surface area contributed by atoms with Gasteiger partial charge in [0.25, 0.3) is 10.1 Å². The lowest BCUT2D eigenvalue weighted by molar-refractivity contribution is -0.177. The summed E-state index contributed by atoms with van der Waals surface area (Å²) < 4.78 is 38.4. The van der Waals surface area contributed by atoms with Crippen LogP contribution in [0.15, 0.2) is 0 Å². The van der Waals surface area contributed by atoms with Gasteiger partial charge in [0.2, 0.25) is 0 Å². The van der Waals surface area contributed by atoms with Crippen molar-refractivity contribution in [1.29, 1.82) is 0 Å². The molecular weight excluding hydrogens is 183 g/mol. The minimum absolute atomic E-state index is 0.759. The molecule has 0 amide bonds. The molecule has 0 aliphatic carbocycles. The molecule has 0 heterocycles. The molecule has 0 spiro atoms. The number of hydrogen-bond acceptors (Lipinski definition) is 6. The second kappa shape index (κ2) is 4.05. The second-order valence-electron chi connectivity index (χ2n) is 1.29. The first-order valence-electron chi connectivity index (χ1n) is 2.10. The van der Waals surface area contributed by atoms with Crippen molar-refractivity contribution in [1.82, 2.24) is 0 Å². The van der Waals surface area contributed by atoms with Crippen molar-refractivity contribution in [3.8, 4) is 0 Å². The molecule has 0 aromatic rings. The molecule has 0 saturated carbocycles. The highest BCUT2D eigenvalue weighted by Crippen LogP contribution is 2.25. The molecule has 0 saturated heterocycles. The molecular formula is C2H7O6PS. The summed E-state index contributed by atoms with van der Waals surface area (Å²) >= 11 is 0. The zero-order chi connectivity index (χ0) is 8.20. The van der Waals surface area contributed by atoms with Gasteiger partial charge in [-0.3, -0.25) is 4.57 Å². The lowest BCUT2D eigenvalue weighted by Gasteiger charge is -1.97. The molecule has 0 rings (SSSR count). The van der Waals surface area contributed by atoms with Crippen molar-refractivity contribution < 1.29 is 26.5 Å². The summed E-state index contributed by atoms with van der Waals surface area (Å²) in [6.45, 7) is 0. The molecule has 6 nitrogen and oxygen atoms in total. The first-order chi connectivity index (χ1) is 4.45. The molecule has 1 atom stereocenters. The van der Waals surface area contributed by atoms with Crippen molar-refractivity contribution in [2.75, 3.05) is 13.4 Å². The molecule has 0 radical (unpaired) electrons. The summed E-state index contributed by atoms with van der Waals surface area (Å²) in [7, 11) is -5.68. The summed E-state index contributed by atoms with van der Waals surface area (Å²) in [4.78, 5) is 3.89. The van der Waals surface area contributed by atoms with E-state index in [1.807, 2.05) is 0 Å². The predicted molar refractivity (Wildman–Crippen MR) is 33.0 cm³/mol. The van der Waals surface area contributed by atoms with Crippen LogP contribution >= 0.6 is 8.25 Å². The van der Waals surface area contributed by atoms with E-state index in [1.54, 1.807) is 0 Å². The van der Waals surface area contributed by atoms with Crippen molar-refractivity contribution in [3.63, 3.8) is 0 Å². The van der Waals surface area contributed by atoms with E-state index in [4.69, 9.17) is 0 Å². The summed E-state index contributed by atoms with van der Waals surface area (Å²) in [6.07, 6.45) is 0.759. The molecule has 62 valence electrons. The van der Waals surface area contributed by atoms with E-state index in [0.29, 0.717) is 0 Å². The fourth-order valence-corrected chi connectivity index (χ4v) is 1.44. The van der Waals surface area contributed by atoms with Gasteiger partial charge in [0.1, 0.15) is 0 Å². The Labute approximate surface area is 59.1 Å². The molecule has 0 aromatic heterocycles. The quantitative estimate of drug-likeness (QED) is 0.350. The van der Waals surface area contributed by atoms with Gasteiger partial charge in [0.05, 0.1) is 13.4 Å². The highest BCUT2D eigenvalue weighted by Gasteiger charge is 2.08. The monoisotopic (exact) mass is 190 g/mol. The van der Waals surface area contributed by atoms with Gasteiger partial charge in [-0.05, 0) is 0 Å². The highest BCUT2D eigenvalue weighted by molar-refractivity contribution is 7.88. The van der Waals surface area contributed by atoms with Crippen LogP contribution in [-0.2, 0) is 28.2 Å². The Balaban J connectivity index is 3.82. The fourth-order valence-electron chi connectivity index (χ4n) is 0.206. The van der Waals surface area contributed by atoms with E-state index < -0.39 is 18.4 Å². The van der Waals surface area contributed by atoms with Crippen LogP contribution in [0.25, 0.3) is 0 Å². The van der Waals surface area contributed by atoms with E-state index in [0.717, 1.165) is 13.4 Å². The summed E-state index contributed by atoms with van der Waals surface area (Å²) in [5.74, 6) is 0. The van der Waals surface area contributed by atoms with Crippen LogP contribution in [0.5, 0.6) is 0 Å². The minimum atomic E-state index is -3.72. The van der Waals surface area contributed by atoms with Crippen molar-refractivity contribution in [2.45, 2.75) is 0 Å². The van der Waals surface area contributed by atoms with Crippen molar-refractivity contribution >= 4 is 18.4 Å². The lowest BCUT2D eigenvalue weighted by Crippen LogP contribution is -1.96. The third-order valence-electron chi connectivity index (χ3n) is 0.371. The van der Waals surface area contributed by atoms with Gasteiger partial charge < -0.3 is 0 Å². The Kier molecular flexibility index (Phi) is 4.07. The van der Waals surface area contributed by atoms with Crippen LogP contribution in [0.2, 0.25) is 0 Å². The second-order valence-corrected chi connectivity index (χ2v) is 4.03. The summed E-state index contributed by atoms with van der Waals surface area (Å²) in [5.41, 5.74) is 0. The summed E-state index contributed by atoms with van der Waals surface area (Å²) in [5, 5.41) is 0. The first-order valence-corrected chi connectivity index (χ1v) is 5.14. The lowest BCUT2D eigenvalue weighted by atomic mass is 11.8. The molecule has 0 aromatic carbocycles. The van der Waals surface area contributed by atoms with Crippen LogP contribution < -0.4 is 0 Å². The molecule has 0 fully saturated rings. The largest absolute Gasteiger partial charge is 0.361 e. The molecule has 10 heavy (non-hydrogen) atoms. The average Bonchev–Trinajstić information content (AvgIpc) is 1.59. The van der Waals surface area contributed by atoms with E-state index >= 15 is 0 Å². The SMILES string of the molecule is COO[PH](=O)OS(C)(=O)=O. The third-order valence-corrected chi connectivity index (χ3v) is 2.43. The molecule has 0 N–H and O–H groups in total. The van der Waals surface area contributed by atoms with Crippen LogP contribution in [-0.4, -0.2) is 21.8 Å². The molecule has 0 bridgehead atoms. The first kappa shape index (κ1) is 10.1. The Bertz CT molecular complexity index is 206. The fraction of sp³-hybridized carbons (Fsp3) is 1.00. The maximum absolute atomic E-state index is 10.3. The van der Waals surface area contributed by atoms with Crippen LogP contribution in [0.3, 0.4) is 0 Å². The van der Waals surface area contributed by atoms with Crippen LogP contribution in [0.1, 0.15) is 0 Å².